The van der Waals surface area contributed by atoms with Gasteiger partial charge in [-0.2, -0.15) is 5.10 Å². The van der Waals surface area contributed by atoms with Crippen molar-refractivity contribution in [2.24, 2.45) is 7.05 Å². The molecule has 4 heteroatoms. The molecule has 0 saturated heterocycles. The Morgan fingerprint density at radius 1 is 1.62 bits per heavy atom. The number of hydrogen-bond donors (Lipinski definition) is 1. The van der Waals surface area contributed by atoms with Crippen molar-refractivity contribution in [3.63, 3.8) is 0 Å². The van der Waals surface area contributed by atoms with E-state index in [1.807, 2.05) is 25.0 Å². The number of ether oxygens (including phenoxy) is 1. The van der Waals surface area contributed by atoms with Crippen LogP contribution in [-0.2, 0) is 11.8 Å². The lowest BCUT2D eigenvalue weighted by Crippen LogP contribution is -2.51. The molecule has 1 aliphatic rings. The summed E-state index contributed by atoms with van der Waals surface area (Å²) in [6, 6.07) is 2.33. The van der Waals surface area contributed by atoms with Crippen LogP contribution in [0, 0.1) is 0 Å². The molecule has 1 unspecified atom stereocenters. The average molecular weight is 223 g/mol. The first kappa shape index (κ1) is 11.6. The maximum Gasteiger partial charge on any atom is 0.0887 e. The van der Waals surface area contributed by atoms with E-state index in [1.165, 1.54) is 12.1 Å². The summed E-state index contributed by atoms with van der Waals surface area (Å²) in [5.41, 5.74) is 1.19. The maximum atomic E-state index is 5.76. The number of nitrogens with zero attached hydrogens (tertiary/aromatic N) is 2. The molecule has 4 nitrogen and oxygen atoms in total. The number of aromatic nitrogens is 2. The Hall–Kier alpha value is -0.870. The predicted molar refractivity (Wildman–Crippen MR) is 63.2 cm³/mol. The Labute approximate surface area is 97.0 Å². The van der Waals surface area contributed by atoms with E-state index in [0.29, 0.717) is 0 Å². The van der Waals surface area contributed by atoms with Crippen LogP contribution in [0.2, 0.25) is 0 Å². The fraction of sp³-hybridized carbons (Fsp3) is 0.750. The SMILES string of the molecule is CCNC(c1ccnn1C)C1(OC)CCC1. The number of hydrogen-bond acceptors (Lipinski definition) is 3. The summed E-state index contributed by atoms with van der Waals surface area (Å²) in [7, 11) is 3.81. The van der Waals surface area contributed by atoms with Crippen LogP contribution >= 0.6 is 0 Å². The second kappa shape index (κ2) is 4.55. The van der Waals surface area contributed by atoms with E-state index in [4.69, 9.17) is 4.74 Å². The Morgan fingerprint density at radius 3 is 2.75 bits per heavy atom. The molecule has 1 aromatic rings. The molecule has 1 fully saturated rings. The summed E-state index contributed by atoms with van der Waals surface area (Å²) in [6.07, 6.45) is 5.37. The third-order valence-electron chi connectivity index (χ3n) is 3.70. The number of nitrogens with one attached hydrogen (secondary N) is 1. The standard InChI is InChI=1S/C12H21N3O/c1-4-13-11(10-6-9-14-15(10)2)12(16-3)7-5-8-12/h6,9,11,13H,4-5,7-8H2,1-3H3. The van der Waals surface area contributed by atoms with Gasteiger partial charge in [0.05, 0.1) is 17.3 Å². The van der Waals surface area contributed by atoms with Gasteiger partial charge >= 0.3 is 0 Å². The normalized spacial score (nSPS) is 20.4. The summed E-state index contributed by atoms with van der Waals surface area (Å²) in [5, 5.41) is 7.78. The van der Waals surface area contributed by atoms with Gasteiger partial charge in [-0.1, -0.05) is 6.92 Å². The fourth-order valence-electron chi connectivity index (χ4n) is 2.57. The molecular formula is C12H21N3O. The van der Waals surface area contributed by atoms with Crippen molar-refractivity contribution in [2.45, 2.75) is 37.8 Å². The van der Waals surface area contributed by atoms with E-state index >= 15 is 0 Å². The zero-order chi connectivity index (χ0) is 11.6. The van der Waals surface area contributed by atoms with E-state index in [1.54, 1.807) is 0 Å². The molecule has 0 amide bonds. The summed E-state index contributed by atoms with van der Waals surface area (Å²) < 4.78 is 7.70. The van der Waals surface area contributed by atoms with E-state index in [0.717, 1.165) is 19.4 Å². The van der Waals surface area contributed by atoms with Gasteiger partial charge in [0.2, 0.25) is 0 Å². The molecule has 16 heavy (non-hydrogen) atoms. The number of aryl methyl sites for hydroxylation is 1. The topological polar surface area (TPSA) is 39.1 Å². The minimum absolute atomic E-state index is 0.0240. The van der Waals surface area contributed by atoms with E-state index in [-0.39, 0.29) is 11.6 Å². The summed E-state index contributed by atoms with van der Waals surface area (Å²) >= 11 is 0. The van der Waals surface area contributed by atoms with Crippen molar-refractivity contribution in [3.8, 4) is 0 Å². The number of likely N-dealkylation sites (N-methyl/N-ethyl adjacent to an activating group) is 1. The third kappa shape index (κ3) is 1.76. The lowest BCUT2D eigenvalue weighted by molar-refractivity contribution is -0.101. The van der Waals surface area contributed by atoms with Gasteiger partial charge in [-0.05, 0) is 31.9 Å². The van der Waals surface area contributed by atoms with Crippen molar-refractivity contribution >= 4 is 0 Å². The molecule has 2 rings (SSSR count). The van der Waals surface area contributed by atoms with Gasteiger partial charge < -0.3 is 10.1 Å². The quantitative estimate of drug-likeness (QED) is 0.825. The molecule has 0 aromatic carbocycles. The zero-order valence-corrected chi connectivity index (χ0v) is 10.4. The third-order valence-corrected chi connectivity index (χ3v) is 3.70. The minimum Gasteiger partial charge on any atom is -0.376 e. The van der Waals surface area contributed by atoms with Crippen LogP contribution in [0.4, 0.5) is 0 Å². The van der Waals surface area contributed by atoms with Crippen molar-refractivity contribution in [2.75, 3.05) is 13.7 Å². The summed E-state index contributed by atoms with van der Waals surface area (Å²) in [5.74, 6) is 0. The predicted octanol–water partition coefficient (Wildman–Crippen LogP) is 1.64. The highest BCUT2D eigenvalue weighted by Gasteiger charge is 2.45. The first-order valence-corrected chi connectivity index (χ1v) is 6.00. The van der Waals surface area contributed by atoms with Gasteiger partial charge in [0, 0.05) is 20.4 Å². The molecule has 0 radical (unpaired) electrons. The second-order valence-corrected chi connectivity index (χ2v) is 4.49. The lowest BCUT2D eigenvalue weighted by atomic mass is 9.73. The first-order chi connectivity index (χ1) is 7.73. The van der Waals surface area contributed by atoms with Crippen LogP contribution in [0.3, 0.4) is 0 Å². The zero-order valence-electron chi connectivity index (χ0n) is 10.4. The smallest absolute Gasteiger partial charge is 0.0887 e. The van der Waals surface area contributed by atoms with E-state index < -0.39 is 0 Å². The van der Waals surface area contributed by atoms with Crippen LogP contribution in [0.5, 0.6) is 0 Å². The van der Waals surface area contributed by atoms with Gasteiger partial charge in [-0.25, -0.2) is 0 Å². The molecular weight excluding hydrogens is 202 g/mol. The van der Waals surface area contributed by atoms with Gasteiger partial charge in [0.25, 0.3) is 0 Å². The van der Waals surface area contributed by atoms with E-state index in [9.17, 15) is 0 Å². The fourth-order valence-corrected chi connectivity index (χ4v) is 2.57. The van der Waals surface area contributed by atoms with E-state index in [2.05, 4.69) is 23.4 Å². The van der Waals surface area contributed by atoms with Gasteiger partial charge in [-0.3, -0.25) is 4.68 Å². The highest BCUT2D eigenvalue weighted by Crippen LogP contribution is 2.44. The van der Waals surface area contributed by atoms with Gasteiger partial charge in [0.1, 0.15) is 0 Å². The molecule has 90 valence electrons. The highest BCUT2D eigenvalue weighted by atomic mass is 16.5. The number of rotatable bonds is 5. The first-order valence-electron chi connectivity index (χ1n) is 6.00. The monoisotopic (exact) mass is 223 g/mol. The maximum absolute atomic E-state index is 5.76. The van der Waals surface area contributed by atoms with Crippen molar-refractivity contribution in [1.29, 1.82) is 0 Å². The molecule has 1 atom stereocenters. The molecule has 0 spiro atoms. The van der Waals surface area contributed by atoms with Crippen LogP contribution in [0.1, 0.15) is 37.9 Å². The van der Waals surface area contributed by atoms with Crippen LogP contribution < -0.4 is 5.32 Å². The molecule has 1 saturated carbocycles. The average Bonchev–Trinajstić information content (AvgIpc) is 2.62. The van der Waals surface area contributed by atoms with Crippen LogP contribution in [0.25, 0.3) is 0 Å². The minimum atomic E-state index is -0.0240. The van der Waals surface area contributed by atoms with Crippen molar-refractivity contribution < 1.29 is 4.74 Å². The van der Waals surface area contributed by atoms with Crippen molar-refractivity contribution in [1.82, 2.24) is 15.1 Å². The molecule has 1 aromatic heterocycles. The molecule has 1 heterocycles. The van der Waals surface area contributed by atoms with Gasteiger partial charge in [-0.15, -0.1) is 0 Å². The number of methoxy groups -OCH3 is 1. The summed E-state index contributed by atoms with van der Waals surface area (Å²) in [4.78, 5) is 0. The van der Waals surface area contributed by atoms with Crippen molar-refractivity contribution in [3.05, 3.63) is 18.0 Å². The second-order valence-electron chi connectivity index (χ2n) is 4.49. The summed E-state index contributed by atoms with van der Waals surface area (Å²) in [6.45, 7) is 3.08. The Bertz CT molecular complexity index is 338. The lowest BCUT2D eigenvalue weighted by Gasteiger charge is -2.46. The Balaban J connectivity index is 2.26. The van der Waals surface area contributed by atoms with Crippen LogP contribution in [-0.4, -0.2) is 29.0 Å². The highest BCUT2D eigenvalue weighted by molar-refractivity contribution is 5.15. The Morgan fingerprint density at radius 2 is 2.38 bits per heavy atom. The molecule has 0 bridgehead atoms. The Kier molecular flexibility index (Phi) is 3.30. The van der Waals surface area contributed by atoms with Crippen LogP contribution in [0.15, 0.2) is 12.3 Å². The largest absolute Gasteiger partial charge is 0.376 e. The van der Waals surface area contributed by atoms with Gasteiger partial charge in [0.15, 0.2) is 0 Å². The molecule has 1 aliphatic carbocycles. The molecule has 0 aliphatic heterocycles. The molecule has 1 N–H and O–H groups in total.